The van der Waals surface area contributed by atoms with Crippen LogP contribution in [0.3, 0.4) is 0 Å². The van der Waals surface area contributed by atoms with Gasteiger partial charge in [0, 0.05) is 19.7 Å². The summed E-state index contributed by atoms with van der Waals surface area (Å²) in [5, 5.41) is 9.31. The number of aliphatic hydroxyl groups excluding tert-OH is 1. The molecule has 0 spiro atoms. The Hall–Kier alpha value is -0.820. The van der Waals surface area contributed by atoms with Crippen molar-refractivity contribution in [1.29, 1.82) is 0 Å². The predicted molar refractivity (Wildman–Crippen MR) is 79.2 cm³/mol. The Morgan fingerprint density at radius 1 is 1.50 bits per heavy atom. The van der Waals surface area contributed by atoms with Crippen molar-refractivity contribution in [3.8, 4) is 0 Å². The van der Waals surface area contributed by atoms with E-state index in [-0.39, 0.29) is 23.1 Å². The maximum Gasteiger partial charge on any atom is 0.243 e. The second kappa shape index (κ2) is 5.89. The zero-order chi connectivity index (χ0) is 14.9. The molecule has 0 aromatic heterocycles. The quantitative estimate of drug-likeness (QED) is 0.826. The highest BCUT2D eigenvalue weighted by molar-refractivity contribution is 7.89. The van der Waals surface area contributed by atoms with Crippen molar-refractivity contribution in [2.24, 2.45) is 5.92 Å². The van der Waals surface area contributed by atoms with Crippen molar-refractivity contribution in [1.82, 2.24) is 4.31 Å². The number of hydrogen-bond acceptors (Lipinski definition) is 4. The van der Waals surface area contributed by atoms with E-state index < -0.39 is 10.0 Å². The normalized spacial score (nSPS) is 20.4. The van der Waals surface area contributed by atoms with Crippen molar-refractivity contribution in [3.63, 3.8) is 0 Å². The highest BCUT2D eigenvalue weighted by Gasteiger charge is 2.33. The van der Waals surface area contributed by atoms with Crippen LogP contribution in [0.15, 0.2) is 17.0 Å². The van der Waals surface area contributed by atoms with E-state index in [1.54, 1.807) is 13.0 Å². The smallest absolute Gasteiger partial charge is 0.243 e. The van der Waals surface area contributed by atoms with E-state index in [2.05, 4.69) is 0 Å². The van der Waals surface area contributed by atoms with E-state index >= 15 is 0 Å². The predicted octanol–water partition coefficient (Wildman–Crippen LogP) is 1.62. The van der Waals surface area contributed by atoms with Crippen molar-refractivity contribution in [2.75, 3.05) is 25.4 Å². The van der Waals surface area contributed by atoms with Crippen molar-refractivity contribution in [3.05, 3.63) is 22.7 Å². The molecule has 1 saturated heterocycles. The lowest BCUT2D eigenvalue weighted by Gasteiger charge is -2.18. The molecule has 0 bridgehead atoms. The molecule has 1 unspecified atom stereocenters. The number of nitrogen functional groups attached to an aromatic ring is 1. The summed E-state index contributed by atoms with van der Waals surface area (Å²) in [4.78, 5) is 0.212. The molecule has 1 aliphatic rings. The third-order valence-corrected chi connectivity index (χ3v) is 6.03. The Balaban J connectivity index is 2.30. The van der Waals surface area contributed by atoms with E-state index in [1.165, 1.54) is 10.4 Å². The lowest BCUT2D eigenvalue weighted by molar-refractivity contribution is 0.259. The Kier molecular flexibility index (Phi) is 4.59. The first kappa shape index (κ1) is 15.6. The van der Waals surface area contributed by atoms with Crippen LogP contribution in [0.5, 0.6) is 0 Å². The molecule has 1 atom stereocenters. The van der Waals surface area contributed by atoms with Gasteiger partial charge in [-0.25, -0.2) is 8.42 Å². The van der Waals surface area contributed by atoms with Gasteiger partial charge in [0.2, 0.25) is 10.0 Å². The van der Waals surface area contributed by atoms with Crippen LogP contribution in [-0.4, -0.2) is 37.5 Å². The number of benzene rings is 1. The van der Waals surface area contributed by atoms with Gasteiger partial charge in [0.05, 0.1) is 15.6 Å². The summed E-state index contributed by atoms with van der Waals surface area (Å²) in [6, 6.07) is 3.00. The Labute approximate surface area is 124 Å². The van der Waals surface area contributed by atoms with Gasteiger partial charge in [-0.1, -0.05) is 11.6 Å². The molecule has 1 heterocycles. The molecule has 20 heavy (non-hydrogen) atoms. The summed E-state index contributed by atoms with van der Waals surface area (Å²) < 4.78 is 26.7. The molecule has 0 radical (unpaired) electrons. The molecule has 2 rings (SSSR count). The molecule has 0 amide bonds. The fraction of sp³-hybridized carbons (Fsp3) is 0.538. The lowest BCUT2D eigenvalue weighted by atomic mass is 10.1. The molecule has 5 nitrogen and oxygen atoms in total. The SMILES string of the molecule is Cc1cc(Cl)c(N)cc1S(=O)(=O)N1CCC(CCO)C1. The maximum atomic E-state index is 12.6. The van der Waals surface area contributed by atoms with Gasteiger partial charge in [-0.15, -0.1) is 0 Å². The van der Waals surface area contributed by atoms with E-state index in [4.69, 9.17) is 22.4 Å². The van der Waals surface area contributed by atoms with Crippen LogP contribution in [0, 0.1) is 12.8 Å². The first-order chi connectivity index (χ1) is 9.36. The number of sulfonamides is 1. The summed E-state index contributed by atoms with van der Waals surface area (Å²) in [5.41, 5.74) is 6.57. The van der Waals surface area contributed by atoms with Crippen LogP contribution in [0.2, 0.25) is 5.02 Å². The third kappa shape index (κ3) is 2.93. The largest absolute Gasteiger partial charge is 0.397 e. The summed E-state index contributed by atoms with van der Waals surface area (Å²) in [6.45, 7) is 2.73. The highest BCUT2D eigenvalue weighted by Crippen LogP contribution is 2.31. The molecule has 1 fully saturated rings. The second-order valence-electron chi connectivity index (χ2n) is 5.17. The minimum atomic E-state index is -3.55. The average molecular weight is 319 g/mol. The van der Waals surface area contributed by atoms with Gasteiger partial charge in [-0.2, -0.15) is 4.31 Å². The molecular weight excluding hydrogens is 300 g/mol. The van der Waals surface area contributed by atoms with Gasteiger partial charge in [0.1, 0.15) is 0 Å². The highest BCUT2D eigenvalue weighted by atomic mass is 35.5. The zero-order valence-electron chi connectivity index (χ0n) is 11.3. The fourth-order valence-electron chi connectivity index (χ4n) is 2.52. The summed E-state index contributed by atoms with van der Waals surface area (Å²) >= 11 is 5.90. The summed E-state index contributed by atoms with van der Waals surface area (Å²) in [6.07, 6.45) is 1.41. The van der Waals surface area contributed by atoms with Crippen LogP contribution in [0.1, 0.15) is 18.4 Å². The second-order valence-corrected chi connectivity index (χ2v) is 7.48. The maximum absolute atomic E-state index is 12.6. The van der Waals surface area contributed by atoms with Crippen LogP contribution in [0.4, 0.5) is 5.69 Å². The van der Waals surface area contributed by atoms with Gasteiger partial charge in [-0.05, 0) is 43.4 Å². The molecule has 7 heteroatoms. The van der Waals surface area contributed by atoms with Crippen LogP contribution in [-0.2, 0) is 10.0 Å². The lowest BCUT2D eigenvalue weighted by Crippen LogP contribution is -2.29. The average Bonchev–Trinajstić information content (AvgIpc) is 2.83. The van der Waals surface area contributed by atoms with Gasteiger partial charge < -0.3 is 10.8 Å². The number of aliphatic hydroxyl groups is 1. The summed E-state index contributed by atoms with van der Waals surface area (Å²) in [7, 11) is -3.55. The minimum absolute atomic E-state index is 0.0888. The van der Waals surface area contributed by atoms with E-state index in [9.17, 15) is 8.42 Å². The van der Waals surface area contributed by atoms with Crippen LogP contribution in [0.25, 0.3) is 0 Å². The third-order valence-electron chi connectivity index (χ3n) is 3.70. The fourth-order valence-corrected chi connectivity index (χ4v) is 4.51. The van der Waals surface area contributed by atoms with Crippen molar-refractivity contribution in [2.45, 2.75) is 24.7 Å². The minimum Gasteiger partial charge on any atom is -0.397 e. The zero-order valence-corrected chi connectivity index (χ0v) is 12.9. The van der Waals surface area contributed by atoms with E-state index in [1.807, 2.05) is 0 Å². The Morgan fingerprint density at radius 3 is 2.85 bits per heavy atom. The number of nitrogens with two attached hydrogens (primary N) is 1. The number of anilines is 1. The summed E-state index contributed by atoms with van der Waals surface area (Å²) in [5.74, 6) is 0.222. The number of hydrogen-bond donors (Lipinski definition) is 2. The molecule has 1 aromatic rings. The van der Waals surface area contributed by atoms with Gasteiger partial charge in [0.15, 0.2) is 0 Å². The van der Waals surface area contributed by atoms with Crippen molar-refractivity contribution >= 4 is 27.3 Å². The number of halogens is 1. The number of aryl methyl sites for hydroxylation is 1. The van der Waals surface area contributed by atoms with Gasteiger partial charge >= 0.3 is 0 Å². The first-order valence-corrected chi connectivity index (χ1v) is 8.34. The van der Waals surface area contributed by atoms with Crippen LogP contribution >= 0.6 is 11.6 Å². The number of nitrogens with zero attached hydrogens (tertiary/aromatic N) is 1. The van der Waals surface area contributed by atoms with Gasteiger partial charge in [0.25, 0.3) is 0 Å². The molecule has 1 aromatic carbocycles. The topological polar surface area (TPSA) is 83.6 Å². The molecule has 0 saturated carbocycles. The monoisotopic (exact) mass is 318 g/mol. The van der Waals surface area contributed by atoms with E-state index in [0.29, 0.717) is 30.1 Å². The van der Waals surface area contributed by atoms with E-state index in [0.717, 1.165) is 6.42 Å². The Morgan fingerprint density at radius 2 is 2.20 bits per heavy atom. The molecule has 0 aliphatic carbocycles. The number of rotatable bonds is 4. The van der Waals surface area contributed by atoms with Gasteiger partial charge in [-0.3, -0.25) is 0 Å². The molecular formula is C13H19ClN2O3S. The molecule has 3 N–H and O–H groups in total. The van der Waals surface area contributed by atoms with Crippen LogP contribution < -0.4 is 5.73 Å². The first-order valence-electron chi connectivity index (χ1n) is 6.53. The molecule has 112 valence electrons. The molecule has 1 aliphatic heterocycles. The van der Waals surface area contributed by atoms with Crippen molar-refractivity contribution < 1.29 is 13.5 Å². The Bertz CT molecular complexity index is 604. The standard InChI is InChI=1S/C13H19ClN2O3S/c1-9-6-11(14)12(15)7-13(9)20(18,19)16-4-2-10(8-16)3-5-17/h6-7,10,17H,2-5,8,15H2,1H3.